The highest BCUT2D eigenvalue weighted by atomic mass is 32.2. The molecule has 3 aromatic rings. The summed E-state index contributed by atoms with van der Waals surface area (Å²) in [6.45, 7) is 1.89. The predicted octanol–water partition coefficient (Wildman–Crippen LogP) is 5.00. The zero-order valence-corrected chi connectivity index (χ0v) is 15.7. The molecule has 0 radical (unpaired) electrons. The number of thiophene rings is 1. The zero-order valence-electron chi connectivity index (χ0n) is 14.1. The van der Waals surface area contributed by atoms with E-state index in [2.05, 4.69) is 5.18 Å². The van der Waals surface area contributed by atoms with E-state index in [1.165, 1.54) is 23.5 Å². The van der Waals surface area contributed by atoms with E-state index in [-0.39, 0.29) is 10.6 Å². The van der Waals surface area contributed by atoms with Gasteiger partial charge < -0.3 is 0 Å². The molecule has 5 nitrogen and oxygen atoms in total. The van der Waals surface area contributed by atoms with Gasteiger partial charge in [0.15, 0.2) is 16.1 Å². The van der Waals surface area contributed by atoms with Crippen LogP contribution in [0.1, 0.15) is 15.2 Å². The Bertz CT molecular complexity index is 1100. The molecule has 0 amide bonds. The van der Waals surface area contributed by atoms with Crippen molar-refractivity contribution in [2.45, 2.75) is 11.8 Å². The molecule has 0 saturated carbocycles. The SMILES string of the molecule is Cc1ccc(N=O)c(-c2ccc(S(C)(=O)=O)cc2)c1-c1ccsc1C=O. The van der Waals surface area contributed by atoms with Gasteiger partial charge in [0.05, 0.1) is 9.77 Å². The Morgan fingerprint density at radius 1 is 1.00 bits per heavy atom. The van der Waals surface area contributed by atoms with Crippen molar-refractivity contribution in [3.05, 3.63) is 63.2 Å². The van der Waals surface area contributed by atoms with E-state index in [4.69, 9.17) is 0 Å². The van der Waals surface area contributed by atoms with Crippen molar-refractivity contribution in [1.82, 2.24) is 0 Å². The first kappa shape index (κ1) is 18.2. The molecule has 3 rings (SSSR count). The normalized spacial score (nSPS) is 11.3. The van der Waals surface area contributed by atoms with E-state index in [1.54, 1.807) is 24.3 Å². The van der Waals surface area contributed by atoms with Crippen molar-refractivity contribution in [2.24, 2.45) is 5.18 Å². The first-order valence-corrected chi connectivity index (χ1v) is 10.4. The minimum absolute atomic E-state index is 0.195. The van der Waals surface area contributed by atoms with Crippen LogP contribution in [0.15, 0.2) is 57.9 Å². The van der Waals surface area contributed by atoms with Crippen LogP contribution in [0.25, 0.3) is 22.3 Å². The molecule has 0 aliphatic heterocycles. The fraction of sp³-hybridized carbons (Fsp3) is 0.105. The van der Waals surface area contributed by atoms with E-state index in [9.17, 15) is 18.1 Å². The zero-order chi connectivity index (χ0) is 18.9. The van der Waals surface area contributed by atoms with E-state index >= 15 is 0 Å². The lowest BCUT2D eigenvalue weighted by Crippen LogP contribution is -1.97. The molecule has 7 heteroatoms. The average molecular weight is 385 g/mol. The summed E-state index contributed by atoms with van der Waals surface area (Å²) in [6.07, 6.45) is 1.93. The molecule has 132 valence electrons. The summed E-state index contributed by atoms with van der Waals surface area (Å²) in [7, 11) is -3.32. The van der Waals surface area contributed by atoms with Gasteiger partial charge in [0, 0.05) is 17.4 Å². The number of hydrogen-bond donors (Lipinski definition) is 0. The summed E-state index contributed by atoms with van der Waals surface area (Å²) in [6, 6.07) is 11.5. The topological polar surface area (TPSA) is 80.6 Å². The Labute approximate surface area is 155 Å². The van der Waals surface area contributed by atoms with Gasteiger partial charge in [-0.1, -0.05) is 18.2 Å². The van der Waals surface area contributed by atoms with Crippen molar-refractivity contribution < 1.29 is 13.2 Å². The van der Waals surface area contributed by atoms with Crippen LogP contribution in [0.2, 0.25) is 0 Å². The van der Waals surface area contributed by atoms with Gasteiger partial charge in [0.2, 0.25) is 0 Å². The highest BCUT2D eigenvalue weighted by molar-refractivity contribution is 7.90. The maximum atomic E-state index is 11.7. The van der Waals surface area contributed by atoms with E-state index < -0.39 is 9.84 Å². The van der Waals surface area contributed by atoms with Crippen LogP contribution in [0.4, 0.5) is 5.69 Å². The second kappa shape index (κ2) is 6.93. The number of carbonyl (C=O) groups is 1. The summed E-state index contributed by atoms with van der Waals surface area (Å²) in [5.74, 6) is 0. The second-order valence-electron chi connectivity index (χ2n) is 5.86. The largest absolute Gasteiger partial charge is 0.297 e. The molecular weight excluding hydrogens is 370 g/mol. The lowest BCUT2D eigenvalue weighted by molar-refractivity contribution is 0.112. The summed E-state index contributed by atoms with van der Waals surface area (Å²) in [4.78, 5) is 23.5. The Morgan fingerprint density at radius 3 is 2.27 bits per heavy atom. The molecule has 0 atom stereocenters. The molecule has 2 aromatic carbocycles. The Hall–Kier alpha value is -2.64. The molecule has 1 aromatic heterocycles. The van der Waals surface area contributed by atoms with Crippen molar-refractivity contribution in [3.8, 4) is 22.3 Å². The number of hydrogen-bond acceptors (Lipinski definition) is 6. The monoisotopic (exact) mass is 385 g/mol. The van der Waals surface area contributed by atoms with Gasteiger partial charge in [-0.05, 0) is 58.4 Å². The summed E-state index contributed by atoms with van der Waals surface area (Å²) in [5, 5.41) is 4.95. The first-order valence-electron chi connectivity index (χ1n) is 7.67. The fourth-order valence-electron chi connectivity index (χ4n) is 2.90. The van der Waals surface area contributed by atoms with Crippen molar-refractivity contribution in [1.29, 1.82) is 0 Å². The molecule has 0 N–H and O–H groups in total. The van der Waals surface area contributed by atoms with E-state index in [1.807, 2.05) is 18.4 Å². The van der Waals surface area contributed by atoms with Gasteiger partial charge in [-0.2, -0.15) is 0 Å². The first-order chi connectivity index (χ1) is 12.4. The summed E-state index contributed by atoms with van der Waals surface area (Å²) < 4.78 is 23.4. The van der Waals surface area contributed by atoms with Crippen LogP contribution >= 0.6 is 11.3 Å². The quantitative estimate of drug-likeness (QED) is 0.457. The average Bonchev–Trinajstić information content (AvgIpc) is 3.09. The molecule has 0 spiro atoms. The van der Waals surface area contributed by atoms with Gasteiger partial charge in [-0.15, -0.1) is 16.2 Å². The van der Waals surface area contributed by atoms with Gasteiger partial charge in [0.1, 0.15) is 5.69 Å². The van der Waals surface area contributed by atoms with Gasteiger partial charge in [-0.3, -0.25) is 4.79 Å². The molecule has 0 bridgehead atoms. The number of benzene rings is 2. The minimum Gasteiger partial charge on any atom is -0.297 e. The highest BCUT2D eigenvalue weighted by Gasteiger charge is 2.19. The van der Waals surface area contributed by atoms with Crippen LogP contribution < -0.4 is 0 Å². The van der Waals surface area contributed by atoms with Gasteiger partial charge in [0.25, 0.3) is 0 Å². The third-order valence-electron chi connectivity index (χ3n) is 4.13. The molecule has 0 aliphatic rings. The summed E-state index contributed by atoms with van der Waals surface area (Å²) >= 11 is 1.32. The van der Waals surface area contributed by atoms with E-state index in [0.29, 0.717) is 16.0 Å². The highest BCUT2D eigenvalue weighted by Crippen LogP contribution is 2.43. The van der Waals surface area contributed by atoms with Gasteiger partial charge in [-0.25, -0.2) is 8.42 Å². The maximum absolute atomic E-state index is 11.7. The molecule has 0 fully saturated rings. The molecule has 0 aliphatic carbocycles. The molecule has 26 heavy (non-hydrogen) atoms. The third-order valence-corrected chi connectivity index (χ3v) is 6.10. The summed E-state index contributed by atoms with van der Waals surface area (Å²) in [5.41, 5.74) is 3.85. The van der Waals surface area contributed by atoms with Crippen LogP contribution in [0.3, 0.4) is 0 Å². The lowest BCUT2D eigenvalue weighted by atomic mass is 9.90. The maximum Gasteiger partial charge on any atom is 0.175 e. The van der Waals surface area contributed by atoms with Crippen molar-refractivity contribution in [2.75, 3.05) is 6.26 Å². The smallest absolute Gasteiger partial charge is 0.175 e. The third kappa shape index (κ3) is 3.23. The number of aryl methyl sites for hydroxylation is 1. The number of carbonyl (C=O) groups excluding carboxylic acids is 1. The van der Waals surface area contributed by atoms with Crippen LogP contribution in [0, 0.1) is 11.8 Å². The second-order valence-corrected chi connectivity index (χ2v) is 8.82. The molecule has 1 heterocycles. The Morgan fingerprint density at radius 2 is 1.69 bits per heavy atom. The van der Waals surface area contributed by atoms with E-state index in [0.717, 1.165) is 29.2 Å². The van der Waals surface area contributed by atoms with Crippen molar-refractivity contribution >= 4 is 33.1 Å². The Kier molecular flexibility index (Phi) is 4.84. The number of nitrogens with zero attached hydrogens (tertiary/aromatic N) is 1. The van der Waals surface area contributed by atoms with Gasteiger partial charge >= 0.3 is 0 Å². The molecule has 0 saturated heterocycles. The number of sulfone groups is 1. The Balaban J connectivity index is 2.31. The number of nitroso groups, excluding NO2 is 1. The minimum atomic E-state index is -3.32. The number of rotatable bonds is 5. The van der Waals surface area contributed by atoms with Crippen LogP contribution in [-0.4, -0.2) is 21.0 Å². The molecule has 0 unspecified atom stereocenters. The molecular formula is C19H15NO4S2. The van der Waals surface area contributed by atoms with Crippen LogP contribution in [0.5, 0.6) is 0 Å². The lowest BCUT2D eigenvalue weighted by Gasteiger charge is -2.15. The fourth-order valence-corrected chi connectivity index (χ4v) is 4.23. The number of aldehydes is 1. The standard InChI is InChI=1S/C19H15NO4S2/c1-12-3-8-16(20-22)19(18(12)15-9-10-25-17(15)11-21)13-4-6-14(7-5-13)26(2,23)24/h3-11H,1-2H3. The van der Waals surface area contributed by atoms with Crippen molar-refractivity contribution in [3.63, 3.8) is 0 Å². The van der Waals surface area contributed by atoms with Crippen LogP contribution in [-0.2, 0) is 9.84 Å². The predicted molar refractivity (Wildman–Crippen MR) is 104 cm³/mol.